The van der Waals surface area contributed by atoms with Gasteiger partial charge in [-0.25, -0.2) is 0 Å². The standard InChI is InChI=1S/C15H24N2O3S/c1-11(2)17(7-8-18)9-13(19)10-20-14-5-3-12(4-6-14)15(16)21/h3-6,11,13,18-19H,7-10H2,1-2H3,(H2,16,21). The molecule has 118 valence electrons. The van der Waals surface area contributed by atoms with Gasteiger partial charge in [0.15, 0.2) is 0 Å². The average molecular weight is 312 g/mol. The van der Waals surface area contributed by atoms with Gasteiger partial charge in [0.25, 0.3) is 0 Å². The molecule has 1 atom stereocenters. The molecule has 0 radical (unpaired) electrons. The minimum absolute atomic E-state index is 0.0756. The molecule has 0 aliphatic heterocycles. The zero-order valence-corrected chi connectivity index (χ0v) is 13.3. The Bertz CT molecular complexity index is 437. The topological polar surface area (TPSA) is 79.0 Å². The highest BCUT2D eigenvalue weighted by molar-refractivity contribution is 7.80. The van der Waals surface area contributed by atoms with Crippen LogP contribution < -0.4 is 10.5 Å². The summed E-state index contributed by atoms with van der Waals surface area (Å²) in [5.41, 5.74) is 6.31. The van der Waals surface area contributed by atoms with Crippen molar-refractivity contribution in [1.29, 1.82) is 0 Å². The summed E-state index contributed by atoms with van der Waals surface area (Å²) in [4.78, 5) is 2.35. The van der Waals surface area contributed by atoms with Crippen LogP contribution in [0.3, 0.4) is 0 Å². The van der Waals surface area contributed by atoms with Crippen LogP contribution in [-0.2, 0) is 0 Å². The summed E-state index contributed by atoms with van der Waals surface area (Å²) < 4.78 is 5.54. The highest BCUT2D eigenvalue weighted by Crippen LogP contribution is 2.12. The normalized spacial score (nSPS) is 12.7. The number of aliphatic hydroxyl groups excluding tert-OH is 2. The van der Waals surface area contributed by atoms with E-state index in [1.54, 1.807) is 24.3 Å². The van der Waals surface area contributed by atoms with Crippen molar-refractivity contribution >= 4 is 17.2 Å². The van der Waals surface area contributed by atoms with Gasteiger partial charge >= 0.3 is 0 Å². The molecule has 0 saturated heterocycles. The largest absolute Gasteiger partial charge is 0.491 e. The molecule has 1 rings (SSSR count). The summed E-state index contributed by atoms with van der Waals surface area (Å²) in [5, 5.41) is 19.0. The number of benzene rings is 1. The van der Waals surface area contributed by atoms with Crippen molar-refractivity contribution in [3.05, 3.63) is 29.8 Å². The minimum Gasteiger partial charge on any atom is -0.491 e. The molecule has 1 aromatic rings. The molecular weight excluding hydrogens is 288 g/mol. The fraction of sp³-hybridized carbons (Fsp3) is 0.533. The van der Waals surface area contributed by atoms with Gasteiger partial charge in [-0.05, 0) is 38.1 Å². The van der Waals surface area contributed by atoms with Crippen molar-refractivity contribution in [2.75, 3.05) is 26.3 Å². The van der Waals surface area contributed by atoms with Crippen molar-refractivity contribution in [1.82, 2.24) is 4.90 Å². The molecular formula is C15H24N2O3S. The quantitative estimate of drug-likeness (QED) is 0.584. The number of nitrogens with zero attached hydrogens (tertiary/aromatic N) is 1. The highest BCUT2D eigenvalue weighted by atomic mass is 32.1. The Hall–Kier alpha value is -1.21. The van der Waals surface area contributed by atoms with E-state index >= 15 is 0 Å². The van der Waals surface area contributed by atoms with Gasteiger partial charge < -0.3 is 20.7 Å². The molecule has 0 saturated carbocycles. The van der Waals surface area contributed by atoms with Crippen LogP contribution in [0.25, 0.3) is 0 Å². The number of ether oxygens (including phenoxy) is 1. The Kier molecular flexibility index (Phi) is 7.60. The second-order valence-corrected chi connectivity index (χ2v) is 5.61. The van der Waals surface area contributed by atoms with Crippen LogP contribution >= 0.6 is 12.2 Å². The first-order valence-corrected chi connectivity index (χ1v) is 7.40. The van der Waals surface area contributed by atoms with Crippen LogP contribution in [-0.4, -0.2) is 58.6 Å². The molecule has 1 unspecified atom stereocenters. The first kappa shape index (κ1) is 17.8. The summed E-state index contributed by atoms with van der Waals surface area (Å²) in [6.45, 7) is 5.32. The van der Waals surface area contributed by atoms with Crippen molar-refractivity contribution in [2.24, 2.45) is 5.73 Å². The third kappa shape index (κ3) is 6.39. The second kappa shape index (κ2) is 8.94. The molecule has 1 aromatic carbocycles. The van der Waals surface area contributed by atoms with Crippen molar-refractivity contribution < 1.29 is 14.9 Å². The zero-order chi connectivity index (χ0) is 15.8. The van der Waals surface area contributed by atoms with Gasteiger partial charge in [-0.1, -0.05) is 12.2 Å². The van der Waals surface area contributed by atoms with E-state index in [2.05, 4.69) is 0 Å². The number of nitrogens with two attached hydrogens (primary N) is 1. The molecule has 5 nitrogen and oxygen atoms in total. The summed E-state index contributed by atoms with van der Waals surface area (Å²) in [7, 11) is 0. The van der Waals surface area contributed by atoms with Gasteiger partial charge in [0.2, 0.25) is 0 Å². The van der Waals surface area contributed by atoms with E-state index in [1.165, 1.54) is 0 Å². The number of rotatable bonds is 9. The lowest BCUT2D eigenvalue weighted by Gasteiger charge is -2.27. The van der Waals surface area contributed by atoms with E-state index in [4.69, 9.17) is 27.8 Å². The van der Waals surface area contributed by atoms with Crippen LogP contribution in [0.2, 0.25) is 0 Å². The fourth-order valence-electron chi connectivity index (χ4n) is 1.92. The molecule has 6 heteroatoms. The van der Waals surface area contributed by atoms with Crippen LogP contribution in [0, 0.1) is 0 Å². The monoisotopic (exact) mass is 312 g/mol. The lowest BCUT2D eigenvalue weighted by atomic mass is 10.2. The zero-order valence-electron chi connectivity index (χ0n) is 12.5. The SMILES string of the molecule is CC(C)N(CCO)CC(O)COc1ccc(C(N)=S)cc1. The van der Waals surface area contributed by atoms with E-state index in [0.717, 1.165) is 5.56 Å². The molecule has 0 aliphatic rings. The first-order valence-electron chi connectivity index (χ1n) is 6.99. The highest BCUT2D eigenvalue weighted by Gasteiger charge is 2.14. The Morgan fingerprint density at radius 1 is 1.33 bits per heavy atom. The predicted octanol–water partition coefficient (Wildman–Crippen LogP) is 0.763. The number of thiocarbonyl (C=S) groups is 1. The number of aliphatic hydroxyl groups is 2. The molecule has 0 bridgehead atoms. The van der Waals surface area contributed by atoms with Gasteiger partial charge in [0, 0.05) is 24.7 Å². The molecule has 0 amide bonds. The van der Waals surface area contributed by atoms with E-state index in [-0.39, 0.29) is 19.3 Å². The second-order valence-electron chi connectivity index (χ2n) is 5.17. The van der Waals surface area contributed by atoms with E-state index in [0.29, 0.717) is 23.8 Å². The summed E-state index contributed by atoms with van der Waals surface area (Å²) in [6, 6.07) is 7.38. The maximum absolute atomic E-state index is 10.0. The van der Waals surface area contributed by atoms with Gasteiger partial charge in [0.05, 0.1) is 6.61 Å². The molecule has 0 aliphatic carbocycles. The number of hydrogen-bond acceptors (Lipinski definition) is 5. The summed E-state index contributed by atoms with van der Waals surface area (Å²) >= 11 is 4.88. The van der Waals surface area contributed by atoms with Crippen LogP contribution in [0.1, 0.15) is 19.4 Å². The molecule has 0 fully saturated rings. The Balaban J connectivity index is 2.44. The summed E-state index contributed by atoms with van der Waals surface area (Å²) in [5.74, 6) is 0.660. The molecule has 21 heavy (non-hydrogen) atoms. The molecule has 0 aromatic heterocycles. The lowest BCUT2D eigenvalue weighted by Crippen LogP contribution is -2.41. The van der Waals surface area contributed by atoms with Crippen molar-refractivity contribution in [3.8, 4) is 5.75 Å². The van der Waals surface area contributed by atoms with Crippen molar-refractivity contribution in [3.63, 3.8) is 0 Å². The van der Waals surface area contributed by atoms with Crippen LogP contribution in [0.15, 0.2) is 24.3 Å². The summed E-state index contributed by atoms with van der Waals surface area (Å²) in [6.07, 6.45) is -0.616. The fourth-order valence-corrected chi connectivity index (χ4v) is 2.06. The average Bonchev–Trinajstić information content (AvgIpc) is 2.45. The van der Waals surface area contributed by atoms with Gasteiger partial charge in [-0.15, -0.1) is 0 Å². The third-order valence-electron chi connectivity index (χ3n) is 3.14. The van der Waals surface area contributed by atoms with E-state index < -0.39 is 6.10 Å². The van der Waals surface area contributed by atoms with Gasteiger partial charge in [-0.2, -0.15) is 0 Å². The smallest absolute Gasteiger partial charge is 0.119 e. The first-order chi connectivity index (χ1) is 9.93. The minimum atomic E-state index is -0.616. The number of hydrogen-bond donors (Lipinski definition) is 3. The maximum atomic E-state index is 10.0. The predicted molar refractivity (Wildman–Crippen MR) is 87.6 cm³/mol. The maximum Gasteiger partial charge on any atom is 0.119 e. The van der Waals surface area contributed by atoms with Crippen LogP contribution in [0.5, 0.6) is 5.75 Å². The Morgan fingerprint density at radius 3 is 2.43 bits per heavy atom. The van der Waals surface area contributed by atoms with Gasteiger partial charge in [-0.3, -0.25) is 4.90 Å². The van der Waals surface area contributed by atoms with E-state index in [9.17, 15) is 5.11 Å². The van der Waals surface area contributed by atoms with E-state index in [1.807, 2.05) is 18.7 Å². The Morgan fingerprint density at radius 2 is 1.95 bits per heavy atom. The molecule has 0 spiro atoms. The molecule has 4 N–H and O–H groups in total. The van der Waals surface area contributed by atoms with Crippen LogP contribution in [0.4, 0.5) is 0 Å². The third-order valence-corrected chi connectivity index (χ3v) is 3.38. The van der Waals surface area contributed by atoms with Crippen molar-refractivity contribution in [2.45, 2.75) is 26.0 Å². The van der Waals surface area contributed by atoms with Gasteiger partial charge in [0.1, 0.15) is 23.4 Å². The Labute approximate surface area is 131 Å². The lowest BCUT2D eigenvalue weighted by molar-refractivity contribution is 0.0502. The molecule has 0 heterocycles.